The number of esters is 1. The molecule has 0 saturated heterocycles. The highest BCUT2D eigenvalue weighted by atomic mass is 32.2. The Bertz CT molecular complexity index is 5030. The fourth-order valence-electron chi connectivity index (χ4n) is 12.4. The highest BCUT2D eigenvalue weighted by molar-refractivity contribution is 7.92. The van der Waals surface area contributed by atoms with E-state index in [1.54, 1.807) is 143 Å². The lowest BCUT2D eigenvalue weighted by Gasteiger charge is -2.28. The van der Waals surface area contributed by atoms with Gasteiger partial charge in [0.1, 0.15) is 33.9 Å². The monoisotopic (exact) mass is 1890 g/mol. The lowest BCUT2D eigenvalue weighted by atomic mass is 9.78. The first kappa shape index (κ1) is 123. The number of sulfone groups is 2. The van der Waals surface area contributed by atoms with Crippen molar-refractivity contribution >= 4 is 78.1 Å². The van der Waals surface area contributed by atoms with Crippen LogP contribution in [0.1, 0.15) is 374 Å². The van der Waals surface area contributed by atoms with Crippen molar-refractivity contribution in [2.45, 2.75) is 354 Å². The molecule has 27 nitrogen and oxygen atoms in total. The van der Waals surface area contributed by atoms with Crippen molar-refractivity contribution in [3.05, 3.63) is 181 Å². The maximum Gasteiger partial charge on any atom is 0.408 e. The third-order valence-electron chi connectivity index (χ3n) is 17.9. The van der Waals surface area contributed by atoms with Crippen LogP contribution in [0.3, 0.4) is 0 Å². The minimum atomic E-state index is -3.82. The van der Waals surface area contributed by atoms with Gasteiger partial charge in [0.25, 0.3) is 17.3 Å². The van der Waals surface area contributed by atoms with Crippen molar-refractivity contribution in [3.8, 4) is 11.4 Å². The van der Waals surface area contributed by atoms with Crippen LogP contribution in [0.4, 0.5) is 16.2 Å². The Balaban J connectivity index is 0.00000160. The summed E-state index contributed by atoms with van der Waals surface area (Å²) in [5.41, 5.74) is 1.60. The summed E-state index contributed by atoms with van der Waals surface area (Å²) in [7, 11) is -7.09. The molecule has 0 fully saturated rings. The zero-order chi connectivity index (χ0) is 104. The number of hydrogen-bond acceptors (Lipinski definition) is 21. The third-order valence-corrected chi connectivity index (χ3v) is 21.6. The van der Waals surface area contributed by atoms with Gasteiger partial charge in [-0.25, -0.2) is 26.3 Å². The molecular formula is C104H164N8O19S2. The summed E-state index contributed by atoms with van der Waals surface area (Å²) < 4.78 is 66.4. The summed E-state index contributed by atoms with van der Waals surface area (Å²) in [5.74, 6) is -1.63. The molecule has 2 atom stereocenters. The molecule has 5 aromatic carbocycles. The number of ketones is 4. The average Bonchev–Trinajstić information content (AvgIpc) is 1.18. The molecule has 746 valence electrons. The number of amides is 3. The molecular weight excluding hydrogens is 1730 g/mol. The van der Waals surface area contributed by atoms with Crippen molar-refractivity contribution in [1.82, 2.24) is 30.9 Å². The molecule has 3 amide bonds. The maximum atomic E-state index is 13.2. The number of ether oxygens (including phenoxy) is 3. The molecule has 1 heterocycles. The lowest BCUT2D eigenvalue weighted by Crippen LogP contribution is -2.41. The first-order valence-electron chi connectivity index (χ1n) is 45.4. The summed E-state index contributed by atoms with van der Waals surface area (Å²) in [4.78, 5) is 119. The van der Waals surface area contributed by atoms with E-state index in [1.165, 1.54) is 25.0 Å². The van der Waals surface area contributed by atoms with Crippen LogP contribution in [0.15, 0.2) is 126 Å². The number of nitro groups is 2. The SMILES string of the molecule is CC(C)(C)CC(=O)CC(C(=O)c1ccccc1)c1cccc(OC(C)(C)C)c1.CC(C)(C)CC(=O)OCC(=O)c1ccc(-n2cc(C(C)(C)C)nn2)cc1.CC(C)(C)CC(C)(C)C.CC(C)(C)CCS(=O)(=O)c1ccc(C(=O)NC(C)(C)C)cc1[N+](=O)[O-].CC(C)(C)CS(=O)(=O)CC(=O)C(C)(C)C.CC(OC(=O)NC(C)(C)C)c1cc(CNC(=O)C(C)(C)C)ccc1[N+](=O)[O-].CCC. The zero-order valence-corrected chi connectivity index (χ0v) is 89.4. The molecule has 133 heavy (non-hydrogen) atoms. The van der Waals surface area contributed by atoms with Crippen LogP contribution >= 0.6 is 0 Å². The van der Waals surface area contributed by atoms with Crippen LogP contribution in [0.5, 0.6) is 5.75 Å². The summed E-state index contributed by atoms with van der Waals surface area (Å²) in [6.07, 6.45) is 4.24. The first-order chi connectivity index (χ1) is 59.7. The Morgan fingerprint density at radius 3 is 1.47 bits per heavy atom. The van der Waals surface area contributed by atoms with E-state index in [9.17, 15) is 75.4 Å². The van der Waals surface area contributed by atoms with Crippen molar-refractivity contribution in [2.24, 2.45) is 43.3 Å². The smallest absolute Gasteiger partial charge is 0.408 e. The predicted molar refractivity (Wildman–Crippen MR) is 534 cm³/mol. The molecule has 1 aromatic heterocycles. The normalized spacial score (nSPS) is 12.8. The fourth-order valence-corrected chi connectivity index (χ4v) is 16.5. The van der Waals surface area contributed by atoms with Gasteiger partial charge in [-0.2, -0.15) is 0 Å². The standard InChI is InChI=1S/C25H32O3.C20H27N3O3.C19H29N3O5.C17H26N2O5S.C11H22O3S.C9H20.C3H8/c1-24(2,3)17-20(26)16-22(23(27)18-11-8-7-9-12-18)19-13-10-14-21(15-19)28-25(4,5)6;1-19(2,3)11-18(25)26-13-16(24)14-7-9-15(10-8-14)23-12-17(21-22-23)20(4,5)6;1-12(27-17(24)21-19(5,6)7)14-10-13(8-9-15(14)22(25)26)11-20-16(23)18(2,3)4;1-16(2,3)9-10-25(23,24)14-8-7-12(11-13(14)19(21)22)15(20)18-17(4,5)6;1-10(2,3)8-15(13,14)7-9(12)11(4,5)6;1-8(2,3)7-9(4,5)6;1-3-2/h7-15,22H,16-17H2,1-6H3;7-10,12H,11,13H2,1-6H3;8-10,12H,11H2,1-7H3,(H,20,23)(H,21,24);7-8,11H,9-10H2,1-6H3,(H,18,20);7-8H2,1-6H3;7H2,1-6H3;3H2,1-2H3. The average molecular weight is 1890 g/mol. The first-order valence-corrected chi connectivity index (χ1v) is 48.9. The minimum Gasteiger partial charge on any atom is -0.488 e. The second-order valence-electron chi connectivity index (χ2n) is 47.3. The topological polar surface area (TPSA) is 386 Å². The van der Waals surface area contributed by atoms with E-state index in [0.29, 0.717) is 46.1 Å². The van der Waals surface area contributed by atoms with E-state index in [1.807, 2.05) is 153 Å². The van der Waals surface area contributed by atoms with Gasteiger partial charge in [-0.1, -0.05) is 261 Å². The van der Waals surface area contributed by atoms with E-state index < -0.39 is 81.1 Å². The molecule has 0 aliphatic rings. The van der Waals surface area contributed by atoms with Crippen molar-refractivity contribution < 1.29 is 79.2 Å². The van der Waals surface area contributed by atoms with E-state index in [-0.39, 0.29) is 133 Å². The van der Waals surface area contributed by atoms with Crippen LogP contribution in [0.25, 0.3) is 5.69 Å². The molecule has 6 aromatic rings. The fraction of sp³-hybridized carbons (Fsp3) is 0.615. The van der Waals surface area contributed by atoms with Gasteiger partial charge in [-0.15, -0.1) is 5.10 Å². The minimum absolute atomic E-state index is 0.0317. The second kappa shape index (κ2) is 50.6. The molecule has 0 saturated carbocycles. The van der Waals surface area contributed by atoms with E-state index >= 15 is 0 Å². The lowest BCUT2D eigenvalue weighted by molar-refractivity contribution is -0.387. The third kappa shape index (κ3) is 54.3. The van der Waals surface area contributed by atoms with Gasteiger partial charge in [0.15, 0.2) is 43.6 Å². The molecule has 2 unspecified atom stereocenters. The van der Waals surface area contributed by atoms with Gasteiger partial charge in [-0.3, -0.25) is 53.8 Å². The molecule has 0 aliphatic carbocycles. The number of carbonyl (C=O) groups excluding carboxylic acids is 8. The maximum absolute atomic E-state index is 13.2. The van der Waals surface area contributed by atoms with Crippen LogP contribution in [0, 0.1) is 63.5 Å². The Labute approximate surface area is 797 Å². The van der Waals surface area contributed by atoms with Gasteiger partial charge in [0.05, 0.1) is 56.8 Å². The molecule has 3 N–H and O–H groups in total. The Morgan fingerprint density at radius 1 is 0.534 bits per heavy atom. The number of hydrogen-bond donors (Lipinski definition) is 3. The second-order valence-corrected chi connectivity index (χ2v) is 51.4. The van der Waals surface area contributed by atoms with Gasteiger partial charge < -0.3 is 30.2 Å². The summed E-state index contributed by atoms with van der Waals surface area (Å²) >= 11 is 0. The Morgan fingerprint density at radius 2 is 1.05 bits per heavy atom. The molecule has 0 bridgehead atoms. The zero-order valence-electron chi connectivity index (χ0n) is 87.8. The number of Topliss-reactive ketones (excluding diaryl/α,β-unsaturated/α-hetero) is 4. The van der Waals surface area contributed by atoms with Crippen LogP contribution in [-0.4, -0.2) is 129 Å². The van der Waals surface area contributed by atoms with Crippen LogP contribution in [0.2, 0.25) is 0 Å². The number of aromatic nitrogens is 3. The molecule has 0 aliphatic heterocycles. The number of nitrogens with one attached hydrogen (secondary N) is 3. The van der Waals surface area contributed by atoms with E-state index in [2.05, 4.69) is 102 Å². The van der Waals surface area contributed by atoms with Crippen LogP contribution < -0.4 is 20.7 Å². The summed E-state index contributed by atoms with van der Waals surface area (Å²) in [5, 5.41) is 39.1. The largest absolute Gasteiger partial charge is 0.488 e. The van der Waals surface area contributed by atoms with Gasteiger partial charge in [0, 0.05) is 75.5 Å². The van der Waals surface area contributed by atoms with E-state index in [4.69, 9.17) is 14.2 Å². The molecule has 0 spiro atoms. The Kier molecular flexibility index (Phi) is 46.8. The predicted octanol–water partition coefficient (Wildman–Crippen LogP) is 24.1. The number of benzene rings is 5. The number of carbonyl (C=O) groups is 8. The number of rotatable bonds is 25. The molecule has 0 radical (unpaired) electrons. The van der Waals surface area contributed by atoms with E-state index in [0.717, 1.165) is 29.1 Å². The number of nitro benzene ring substituents is 2. The highest BCUT2D eigenvalue weighted by Crippen LogP contribution is 2.36. The van der Waals surface area contributed by atoms with Crippen molar-refractivity contribution in [3.63, 3.8) is 0 Å². The molecule has 6 rings (SSSR count). The quantitative estimate of drug-likeness (QED) is 0.0207. The van der Waals surface area contributed by atoms with Gasteiger partial charge in [0.2, 0.25) is 5.91 Å². The number of nitrogens with zero attached hydrogens (tertiary/aromatic N) is 5. The van der Waals surface area contributed by atoms with Crippen molar-refractivity contribution in [1.29, 1.82) is 0 Å². The Hall–Kier alpha value is -9.90. The van der Waals surface area contributed by atoms with Crippen molar-refractivity contribution in [2.75, 3.05) is 23.9 Å². The number of alkyl carbamates (subject to hydrolysis) is 1. The summed E-state index contributed by atoms with van der Waals surface area (Å²) in [6, 6.07) is 31.7. The molecule has 29 heteroatoms. The van der Waals surface area contributed by atoms with Gasteiger partial charge >= 0.3 is 12.1 Å². The summed E-state index contributed by atoms with van der Waals surface area (Å²) in [6.45, 7) is 76.3. The van der Waals surface area contributed by atoms with Crippen LogP contribution in [-0.2, 0) is 60.3 Å². The highest BCUT2D eigenvalue weighted by Gasteiger charge is 2.35. The van der Waals surface area contributed by atoms with Gasteiger partial charge in [-0.05, 0) is 180 Å².